The summed E-state index contributed by atoms with van der Waals surface area (Å²) >= 11 is 0. The molecule has 2 nitrogen and oxygen atoms in total. The van der Waals surface area contributed by atoms with E-state index in [4.69, 9.17) is 0 Å². The van der Waals surface area contributed by atoms with E-state index in [9.17, 15) is 0 Å². The molecule has 1 saturated heterocycles. The van der Waals surface area contributed by atoms with E-state index in [2.05, 4.69) is 31.2 Å². The lowest BCUT2D eigenvalue weighted by Crippen LogP contribution is -2.39. The van der Waals surface area contributed by atoms with Gasteiger partial charge in [-0.2, -0.15) is 0 Å². The third-order valence-electron chi connectivity index (χ3n) is 2.93. The molecule has 1 N–H and O–H groups in total. The first-order valence-corrected chi connectivity index (χ1v) is 4.60. The van der Waals surface area contributed by atoms with Crippen molar-refractivity contribution in [3.63, 3.8) is 0 Å². The summed E-state index contributed by atoms with van der Waals surface area (Å²) in [5, 5.41) is 3.33. The molecule has 1 aliphatic rings. The standard InChI is InChI=1S/C9H20N2/c1-8(10-2)9-4-6-11(3)7-5-9/h8-10H,4-7H2,1-3H3/t8-/m1/s1. The number of hydrogen-bond acceptors (Lipinski definition) is 2. The molecule has 2 heteroatoms. The van der Waals surface area contributed by atoms with Crippen LogP contribution in [0.1, 0.15) is 19.8 Å². The van der Waals surface area contributed by atoms with Crippen molar-refractivity contribution < 1.29 is 0 Å². The van der Waals surface area contributed by atoms with Gasteiger partial charge < -0.3 is 10.2 Å². The quantitative estimate of drug-likeness (QED) is 0.640. The fraction of sp³-hybridized carbons (Fsp3) is 1.00. The fourth-order valence-electron chi connectivity index (χ4n) is 1.76. The monoisotopic (exact) mass is 156 g/mol. The van der Waals surface area contributed by atoms with Crippen molar-refractivity contribution in [2.24, 2.45) is 5.92 Å². The number of nitrogens with zero attached hydrogens (tertiary/aromatic N) is 1. The highest BCUT2D eigenvalue weighted by molar-refractivity contribution is 4.76. The van der Waals surface area contributed by atoms with Crippen molar-refractivity contribution in [2.45, 2.75) is 25.8 Å². The van der Waals surface area contributed by atoms with E-state index in [-0.39, 0.29) is 0 Å². The van der Waals surface area contributed by atoms with Gasteiger partial charge in [0, 0.05) is 6.04 Å². The molecular weight excluding hydrogens is 136 g/mol. The molecule has 0 aliphatic carbocycles. The zero-order valence-electron chi connectivity index (χ0n) is 7.93. The van der Waals surface area contributed by atoms with Crippen LogP contribution in [0.15, 0.2) is 0 Å². The van der Waals surface area contributed by atoms with Gasteiger partial charge in [0.15, 0.2) is 0 Å². The van der Waals surface area contributed by atoms with Gasteiger partial charge in [-0.25, -0.2) is 0 Å². The van der Waals surface area contributed by atoms with Gasteiger partial charge in [-0.3, -0.25) is 0 Å². The van der Waals surface area contributed by atoms with Gasteiger partial charge in [-0.15, -0.1) is 0 Å². The molecule has 66 valence electrons. The van der Waals surface area contributed by atoms with Gasteiger partial charge in [0.25, 0.3) is 0 Å². The van der Waals surface area contributed by atoms with Crippen LogP contribution in [-0.2, 0) is 0 Å². The lowest BCUT2D eigenvalue weighted by Gasteiger charge is -2.32. The van der Waals surface area contributed by atoms with Gasteiger partial charge >= 0.3 is 0 Å². The molecule has 1 fully saturated rings. The molecule has 1 heterocycles. The maximum absolute atomic E-state index is 3.33. The lowest BCUT2D eigenvalue weighted by atomic mass is 9.91. The first-order chi connectivity index (χ1) is 5.24. The van der Waals surface area contributed by atoms with Crippen LogP contribution in [0.25, 0.3) is 0 Å². The topological polar surface area (TPSA) is 15.3 Å². The Morgan fingerprint density at radius 3 is 2.36 bits per heavy atom. The van der Waals surface area contributed by atoms with E-state index < -0.39 is 0 Å². The van der Waals surface area contributed by atoms with Crippen LogP contribution in [0.2, 0.25) is 0 Å². The summed E-state index contributed by atoms with van der Waals surface area (Å²) < 4.78 is 0. The highest BCUT2D eigenvalue weighted by atomic mass is 15.1. The molecule has 11 heavy (non-hydrogen) atoms. The Hall–Kier alpha value is -0.0800. The van der Waals surface area contributed by atoms with Crippen LogP contribution in [0.3, 0.4) is 0 Å². The summed E-state index contributed by atoms with van der Waals surface area (Å²) in [6.07, 6.45) is 2.72. The van der Waals surface area contributed by atoms with E-state index in [1.165, 1.54) is 25.9 Å². The smallest absolute Gasteiger partial charge is 0.00649 e. The normalized spacial score (nSPS) is 25.4. The number of hydrogen-bond donors (Lipinski definition) is 1. The molecule has 0 bridgehead atoms. The van der Waals surface area contributed by atoms with E-state index in [1.54, 1.807) is 0 Å². The minimum Gasteiger partial charge on any atom is -0.317 e. The maximum Gasteiger partial charge on any atom is 0.00649 e. The molecule has 0 amide bonds. The van der Waals surface area contributed by atoms with Crippen molar-refractivity contribution in [2.75, 3.05) is 27.2 Å². The summed E-state index contributed by atoms with van der Waals surface area (Å²) in [7, 11) is 4.27. The highest BCUT2D eigenvalue weighted by Gasteiger charge is 2.20. The molecule has 0 radical (unpaired) electrons. The first kappa shape index (κ1) is 9.01. The van der Waals surface area contributed by atoms with E-state index >= 15 is 0 Å². The summed E-state index contributed by atoms with van der Waals surface area (Å²) in [4.78, 5) is 2.42. The third-order valence-corrected chi connectivity index (χ3v) is 2.93. The Labute approximate surface area is 70.0 Å². The van der Waals surface area contributed by atoms with Crippen LogP contribution in [0, 0.1) is 5.92 Å². The van der Waals surface area contributed by atoms with Crippen molar-refractivity contribution in [3.8, 4) is 0 Å². The van der Waals surface area contributed by atoms with Gasteiger partial charge in [-0.1, -0.05) is 0 Å². The Morgan fingerprint density at radius 1 is 1.36 bits per heavy atom. The van der Waals surface area contributed by atoms with Crippen molar-refractivity contribution in [1.29, 1.82) is 0 Å². The highest BCUT2D eigenvalue weighted by Crippen LogP contribution is 2.18. The van der Waals surface area contributed by atoms with Crippen LogP contribution in [0.4, 0.5) is 0 Å². The maximum atomic E-state index is 3.33. The van der Waals surface area contributed by atoms with Crippen molar-refractivity contribution >= 4 is 0 Å². The predicted octanol–water partition coefficient (Wildman–Crippen LogP) is 0.936. The Morgan fingerprint density at radius 2 is 1.91 bits per heavy atom. The van der Waals surface area contributed by atoms with Crippen molar-refractivity contribution in [3.05, 3.63) is 0 Å². The third kappa shape index (κ3) is 2.46. The molecular formula is C9H20N2. The van der Waals surface area contributed by atoms with Crippen LogP contribution in [-0.4, -0.2) is 38.1 Å². The van der Waals surface area contributed by atoms with Gasteiger partial charge in [0.1, 0.15) is 0 Å². The molecule has 1 rings (SSSR count). The number of rotatable bonds is 2. The van der Waals surface area contributed by atoms with Crippen molar-refractivity contribution in [1.82, 2.24) is 10.2 Å². The SMILES string of the molecule is CN[C@H](C)C1CCN(C)CC1. The Bertz CT molecular complexity index is 106. The zero-order chi connectivity index (χ0) is 8.27. The van der Waals surface area contributed by atoms with E-state index in [1.807, 2.05) is 0 Å². The average molecular weight is 156 g/mol. The summed E-state index contributed by atoms with van der Waals surface area (Å²) in [5.74, 6) is 0.899. The molecule has 1 atom stereocenters. The zero-order valence-corrected chi connectivity index (χ0v) is 7.93. The molecule has 0 spiro atoms. The number of likely N-dealkylation sites (tertiary alicyclic amines) is 1. The van der Waals surface area contributed by atoms with E-state index in [0.29, 0.717) is 6.04 Å². The van der Waals surface area contributed by atoms with Gasteiger partial charge in [0.2, 0.25) is 0 Å². The number of piperidine rings is 1. The van der Waals surface area contributed by atoms with E-state index in [0.717, 1.165) is 5.92 Å². The summed E-state index contributed by atoms with van der Waals surface area (Å²) in [5.41, 5.74) is 0. The molecule has 0 unspecified atom stereocenters. The molecule has 0 saturated carbocycles. The molecule has 0 aromatic carbocycles. The number of nitrogens with one attached hydrogen (secondary N) is 1. The summed E-state index contributed by atoms with van der Waals surface area (Å²) in [6.45, 7) is 4.84. The lowest BCUT2D eigenvalue weighted by molar-refractivity contribution is 0.193. The second kappa shape index (κ2) is 4.07. The van der Waals surface area contributed by atoms with Gasteiger partial charge in [0.05, 0.1) is 0 Å². The van der Waals surface area contributed by atoms with Crippen LogP contribution in [0.5, 0.6) is 0 Å². The molecule has 0 aromatic rings. The van der Waals surface area contributed by atoms with Crippen LogP contribution >= 0.6 is 0 Å². The largest absolute Gasteiger partial charge is 0.317 e. The summed E-state index contributed by atoms with van der Waals surface area (Å²) in [6, 6.07) is 0.698. The first-order valence-electron chi connectivity index (χ1n) is 4.60. The molecule has 1 aliphatic heterocycles. The second-order valence-electron chi connectivity index (χ2n) is 3.72. The molecule has 0 aromatic heterocycles. The van der Waals surface area contributed by atoms with Crippen LogP contribution < -0.4 is 5.32 Å². The Kier molecular flexibility index (Phi) is 3.34. The minimum absolute atomic E-state index is 0.698. The second-order valence-corrected chi connectivity index (χ2v) is 3.72. The minimum atomic E-state index is 0.698. The fourth-order valence-corrected chi connectivity index (χ4v) is 1.76. The predicted molar refractivity (Wildman–Crippen MR) is 48.7 cm³/mol. The Balaban J connectivity index is 2.27. The van der Waals surface area contributed by atoms with Gasteiger partial charge in [-0.05, 0) is 52.9 Å². The average Bonchev–Trinajstić information content (AvgIpc) is 2.05.